The largest absolute Gasteiger partial charge is 0.461 e. The highest BCUT2D eigenvalue weighted by Gasteiger charge is 2.16. The molecule has 0 N–H and O–H groups in total. The van der Waals surface area contributed by atoms with E-state index in [-0.39, 0.29) is 16.4 Å². The van der Waals surface area contributed by atoms with E-state index < -0.39 is 9.84 Å². The van der Waals surface area contributed by atoms with Gasteiger partial charge in [0, 0.05) is 0 Å². The maximum atomic E-state index is 12.1. The average Bonchev–Trinajstić information content (AvgIpc) is 2.40. The molecule has 19 heavy (non-hydrogen) atoms. The Hall–Kier alpha value is -2.07. The molecular weight excluding hydrogens is 260 g/mol. The first-order valence-electron chi connectivity index (χ1n) is 5.76. The minimum absolute atomic E-state index is 0.204. The second-order valence-corrected chi connectivity index (χ2v) is 6.02. The van der Waals surface area contributed by atoms with Crippen molar-refractivity contribution in [1.82, 2.24) is 0 Å². The van der Waals surface area contributed by atoms with Gasteiger partial charge in [-0.1, -0.05) is 43.0 Å². The van der Waals surface area contributed by atoms with Crippen LogP contribution in [-0.4, -0.2) is 14.2 Å². The molecule has 2 aromatic carbocycles. The smallest absolute Gasteiger partial charge is 0.185 e. The SMILES string of the molecule is C=C(CS(=O)(=O)c1ccccc1)Oc1ccccc1. The van der Waals surface area contributed by atoms with Crippen LogP contribution in [0.15, 0.2) is 77.9 Å². The van der Waals surface area contributed by atoms with Crippen LogP contribution in [0, 0.1) is 0 Å². The normalized spacial score (nSPS) is 10.9. The highest BCUT2D eigenvalue weighted by molar-refractivity contribution is 7.91. The topological polar surface area (TPSA) is 43.4 Å². The summed E-state index contributed by atoms with van der Waals surface area (Å²) in [5, 5.41) is 0. The fraction of sp³-hybridized carbons (Fsp3) is 0.0667. The Morgan fingerprint density at radius 1 is 0.947 bits per heavy atom. The van der Waals surface area contributed by atoms with Crippen LogP contribution < -0.4 is 4.74 Å². The Balaban J connectivity index is 2.07. The van der Waals surface area contributed by atoms with Gasteiger partial charge in [-0.2, -0.15) is 0 Å². The standard InChI is InChI=1S/C15H14O3S/c1-13(18-14-8-4-2-5-9-14)12-19(16,17)15-10-6-3-7-11-15/h2-11H,1,12H2. The molecule has 0 aliphatic heterocycles. The molecular formula is C15H14O3S. The maximum absolute atomic E-state index is 12.1. The van der Waals surface area contributed by atoms with Crippen LogP contribution in [0.3, 0.4) is 0 Å². The minimum Gasteiger partial charge on any atom is -0.461 e. The summed E-state index contributed by atoms with van der Waals surface area (Å²) in [4.78, 5) is 0.271. The van der Waals surface area contributed by atoms with E-state index in [1.54, 1.807) is 42.5 Å². The molecule has 0 fully saturated rings. The number of hydrogen-bond donors (Lipinski definition) is 0. The third-order valence-corrected chi connectivity index (χ3v) is 4.15. The van der Waals surface area contributed by atoms with Gasteiger partial charge < -0.3 is 4.74 Å². The third-order valence-electron chi connectivity index (χ3n) is 2.46. The predicted molar refractivity (Wildman–Crippen MR) is 74.7 cm³/mol. The summed E-state index contributed by atoms with van der Waals surface area (Å²) in [7, 11) is -3.40. The second-order valence-electron chi connectivity index (χ2n) is 4.03. The van der Waals surface area contributed by atoms with Gasteiger partial charge in [0.2, 0.25) is 0 Å². The van der Waals surface area contributed by atoms with E-state index in [0.717, 1.165) is 0 Å². The van der Waals surface area contributed by atoms with Gasteiger partial charge in [-0.3, -0.25) is 0 Å². The zero-order valence-electron chi connectivity index (χ0n) is 10.3. The molecule has 3 nitrogen and oxygen atoms in total. The van der Waals surface area contributed by atoms with Gasteiger partial charge in [-0.15, -0.1) is 0 Å². The van der Waals surface area contributed by atoms with E-state index in [1.165, 1.54) is 0 Å². The molecule has 0 aliphatic rings. The molecule has 0 amide bonds. The first-order chi connectivity index (χ1) is 9.08. The number of rotatable bonds is 5. The van der Waals surface area contributed by atoms with Crippen molar-refractivity contribution in [3.8, 4) is 5.75 Å². The van der Waals surface area contributed by atoms with Crippen LogP contribution in [0.4, 0.5) is 0 Å². The number of para-hydroxylation sites is 1. The summed E-state index contributed by atoms with van der Waals surface area (Å²) >= 11 is 0. The van der Waals surface area contributed by atoms with Crippen molar-refractivity contribution in [3.05, 3.63) is 73.0 Å². The van der Waals surface area contributed by atoms with E-state index in [9.17, 15) is 8.42 Å². The summed E-state index contributed by atoms with van der Waals surface area (Å²) in [5.41, 5.74) is 0. The Morgan fingerprint density at radius 3 is 2.05 bits per heavy atom. The van der Waals surface area contributed by atoms with Crippen molar-refractivity contribution in [3.63, 3.8) is 0 Å². The molecule has 2 aromatic rings. The van der Waals surface area contributed by atoms with E-state index in [4.69, 9.17) is 4.74 Å². The van der Waals surface area contributed by atoms with E-state index in [0.29, 0.717) is 5.75 Å². The number of benzene rings is 2. The lowest BCUT2D eigenvalue weighted by atomic mass is 10.3. The van der Waals surface area contributed by atoms with Crippen molar-refractivity contribution in [1.29, 1.82) is 0 Å². The maximum Gasteiger partial charge on any atom is 0.185 e. The monoisotopic (exact) mass is 274 g/mol. The van der Waals surface area contributed by atoms with E-state index in [2.05, 4.69) is 6.58 Å². The summed E-state index contributed by atoms with van der Waals surface area (Å²) < 4.78 is 29.6. The Bertz CT molecular complexity index is 646. The number of ether oxygens (including phenoxy) is 1. The van der Waals surface area contributed by atoms with Crippen molar-refractivity contribution >= 4 is 9.84 Å². The first kappa shape index (κ1) is 13.4. The van der Waals surface area contributed by atoms with Crippen LogP contribution in [0.25, 0.3) is 0 Å². The van der Waals surface area contributed by atoms with Gasteiger partial charge in [0.15, 0.2) is 9.84 Å². The Labute approximate surface area is 113 Å². The van der Waals surface area contributed by atoms with Gasteiger partial charge in [0.05, 0.1) is 4.90 Å². The molecule has 0 radical (unpaired) electrons. The van der Waals surface area contributed by atoms with Crippen molar-refractivity contribution in [2.24, 2.45) is 0 Å². The average molecular weight is 274 g/mol. The Morgan fingerprint density at radius 2 is 1.47 bits per heavy atom. The minimum atomic E-state index is -3.40. The zero-order chi connectivity index (χ0) is 13.7. The molecule has 98 valence electrons. The molecule has 0 spiro atoms. The molecule has 0 saturated carbocycles. The van der Waals surface area contributed by atoms with Crippen molar-refractivity contribution in [2.45, 2.75) is 4.90 Å². The molecule has 4 heteroatoms. The lowest BCUT2D eigenvalue weighted by Gasteiger charge is -2.09. The number of sulfone groups is 1. The molecule has 0 unspecified atom stereocenters. The van der Waals surface area contributed by atoms with Crippen LogP contribution in [0.5, 0.6) is 5.75 Å². The highest BCUT2D eigenvalue weighted by Crippen LogP contribution is 2.16. The van der Waals surface area contributed by atoms with Crippen molar-refractivity contribution in [2.75, 3.05) is 5.75 Å². The fourth-order valence-electron chi connectivity index (χ4n) is 1.61. The molecule has 0 aliphatic carbocycles. The van der Waals surface area contributed by atoms with Crippen LogP contribution in [0.1, 0.15) is 0 Å². The fourth-order valence-corrected chi connectivity index (χ4v) is 2.83. The molecule has 0 atom stereocenters. The van der Waals surface area contributed by atoms with Crippen LogP contribution in [0.2, 0.25) is 0 Å². The summed E-state index contributed by atoms with van der Waals surface area (Å²) in [6, 6.07) is 17.3. The third kappa shape index (κ3) is 3.69. The van der Waals surface area contributed by atoms with Gasteiger partial charge in [-0.25, -0.2) is 8.42 Å². The van der Waals surface area contributed by atoms with E-state index in [1.807, 2.05) is 18.2 Å². The lowest BCUT2D eigenvalue weighted by molar-refractivity contribution is 0.429. The van der Waals surface area contributed by atoms with Crippen LogP contribution in [-0.2, 0) is 9.84 Å². The zero-order valence-corrected chi connectivity index (χ0v) is 11.1. The highest BCUT2D eigenvalue weighted by atomic mass is 32.2. The summed E-state index contributed by atoms with van der Waals surface area (Å²) in [6.07, 6.45) is 0. The number of hydrogen-bond acceptors (Lipinski definition) is 3. The van der Waals surface area contributed by atoms with Gasteiger partial charge in [-0.05, 0) is 24.3 Å². The summed E-state index contributed by atoms with van der Waals surface area (Å²) in [5.74, 6) is 0.553. The van der Waals surface area contributed by atoms with Gasteiger partial charge in [0.1, 0.15) is 17.3 Å². The molecule has 0 aromatic heterocycles. The summed E-state index contributed by atoms with van der Waals surface area (Å²) in [6.45, 7) is 3.66. The van der Waals surface area contributed by atoms with Crippen molar-refractivity contribution < 1.29 is 13.2 Å². The predicted octanol–water partition coefficient (Wildman–Crippen LogP) is 3.05. The molecule has 0 saturated heterocycles. The quantitative estimate of drug-likeness (QED) is 0.787. The molecule has 2 rings (SSSR count). The first-order valence-corrected chi connectivity index (χ1v) is 7.42. The van der Waals surface area contributed by atoms with Gasteiger partial charge in [0.25, 0.3) is 0 Å². The van der Waals surface area contributed by atoms with E-state index >= 15 is 0 Å². The molecule has 0 bridgehead atoms. The second kappa shape index (κ2) is 5.71. The lowest BCUT2D eigenvalue weighted by Crippen LogP contribution is -2.11. The van der Waals surface area contributed by atoms with Gasteiger partial charge >= 0.3 is 0 Å². The van der Waals surface area contributed by atoms with Crippen LogP contribution >= 0.6 is 0 Å². The molecule has 0 heterocycles. The Kier molecular flexibility index (Phi) is 4.02.